The quantitative estimate of drug-likeness (QED) is 0.777. The highest BCUT2D eigenvalue weighted by Crippen LogP contribution is 2.22. The van der Waals surface area contributed by atoms with Crippen LogP contribution in [0.15, 0.2) is 53.4 Å². The van der Waals surface area contributed by atoms with Crippen molar-refractivity contribution in [3.8, 4) is 0 Å². The molecule has 3 rings (SSSR count). The first-order valence-corrected chi connectivity index (χ1v) is 10.5. The van der Waals surface area contributed by atoms with E-state index in [1.165, 1.54) is 35.7 Å². The predicted molar refractivity (Wildman–Crippen MR) is 105 cm³/mol. The number of sulfonamides is 1. The maximum absolute atomic E-state index is 12.8. The molecule has 0 spiro atoms. The van der Waals surface area contributed by atoms with E-state index in [0.29, 0.717) is 18.8 Å². The third-order valence-corrected chi connectivity index (χ3v) is 6.52. The summed E-state index contributed by atoms with van der Waals surface area (Å²) in [6.07, 6.45) is 2.70. The molecule has 2 aromatic rings. The molecule has 0 aliphatic carbocycles. The first kappa shape index (κ1) is 20.0. The van der Waals surface area contributed by atoms with E-state index in [1.54, 1.807) is 24.3 Å². The molecular weight excluding hydrogens is 380 g/mol. The molecule has 1 aliphatic heterocycles. The SMILES string of the molecule is COC(=O)c1ccccc1NC(=O)c1cccc(S(=O)(=O)N2CCCCC2)c1. The lowest BCUT2D eigenvalue weighted by molar-refractivity contribution is 0.0602. The monoisotopic (exact) mass is 402 g/mol. The second-order valence-electron chi connectivity index (χ2n) is 6.48. The van der Waals surface area contributed by atoms with E-state index in [4.69, 9.17) is 4.74 Å². The zero-order chi connectivity index (χ0) is 20.1. The minimum atomic E-state index is -3.64. The summed E-state index contributed by atoms with van der Waals surface area (Å²) in [7, 11) is -2.38. The fourth-order valence-corrected chi connectivity index (χ4v) is 4.69. The Hall–Kier alpha value is -2.71. The number of rotatable bonds is 5. The van der Waals surface area contributed by atoms with Crippen LogP contribution in [0.3, 0.4) is 0 Å². The van der Waals surface area contributed by atoms with E-state index in [0.717, 1.165) is 19.3 Å². The molecule has 1 saturated heterocycles. The van der Waals surface area contributed by atoms with Gasteiger partial charge in [-0.15, -0.1) is 0 Å². The molecule has 1 amide bonds. The van der Waals surface area contributed by atoms with Gasteiger partial charge in [-0.05, 0) is 43.2 Å². The molecule has 0 saturated carbocycles. The minimum Gasteiger partial charge on any atom is -0.465 e. The summed E-state index contributed by atoms with van der Waals surface area (Å²) >= 11 is 0. The van der Waals surface area contributed by atoms with Crippen molar-refractivity contribution < 1.29 is 22.7 Å². The van der Waals surface area contributed by atoms with Crippen LogP contribution in [0.2, 0.25) is 0 Å². The lowest BCUT2D eigenvalue weighted by Crippen LogP contribution is -2.35. The summed E-state index contributed by atoms with van der Waals surface area (Å²) in [6, 6.07) is 12.4. The second kappa shape index (κ2) is 8.53. The number of para-hydroxylation sites is 1. The van der Waals surface area contributed by atoms with Crippen molar-refractivity contribution in [2.24, 2.45) is 0 Å². The number of esters is 1. The maximum atomic E-state index is 12.8. The average molecular weight is 402 g/mol. The minimum absolute atomic E-state index is 0.0864. The Kier molecular flexibility index (Phi) is 6.11. The van der Waals surface area contributed by atoms with Gasteiger partial charge in [0.15, 0.2) is 0 Å². The number of hydrogen-bond donors (Lipinski definition) is 1. The largest absolute Gasteiger partial charge is 0.465 e. The van der Waals surface area contributed by atoms with Crippen LogP contribution < -0.4 is 5.32 Å². The summed E-state index contributed by atoms with van der Waals surface area (Å²) < 4.78 is 31.8. The second-order valence-corrected chi connectivity index (χ2v) is 8.42. The van der Waals surface area contributed by atoms with Crippen LogP contribution in [0, 0.1) is 0 Å². The third kappa shape index (κ3) is 4.23. The molecule has 2 aromatic carbocycles. The molecule has 0 unspecified atom stereocenters. The van der Waals surface area contributed by atoms with Gasteiger partial charge in [-0.1, -0.05) is 24.6 Å². The molecule has 0 atom stereocenters. The first-order valence-electron chi connectivity index (χ1n) is 9.02. The molecule has 1 N–H and O–H groups in total. The molecule has 0 radical (unpaired) electrons. The summed E-state index contributed by atoms with van der Waals surface area (Å²) in [5.74, 6) is -1.08. The standard InChI is InChI=1S/C20H22N2O5S/c1-27-20(24)17-10-3-4-11-18(17)21-19(23)15-8-7-9-16(14-15)28(25,26)22-12-5-2-6-13-22/h3-4,7-11,14H,2,5-6,12-13H2,1H3,(H,21,23). The van der Waals surface area contributed by atoms with E-state index in [9.17, 15) is 18.0 Å². The summed E-state index contributed by atoms with van der Waals surface area (Å²) in [6.45, 7) is 0.983. The molecule has 0 bridgehead atoms. The van der Waals surface area contributed by atoms with Gasteiger partial charge in [0.25, 0.3) is 5.91 Å². The Morgan fingerprint density at radius 1 is 1.00 bits per heavy atom. The molecule has 1 fully saturated rings. The van der Waals surface area contributed by atoms with Gasteiger partial charge in [0.2, 0.25) is 10.0 Å². The van der Waals surface area contributed by atoms with Crippen molar-refractivity contribution >= 4 is 27.6 Å². The van der Waals surface area contributed by atoms with Crippen LogP contribution >= 0.6 is 0 Å². The normalized spacial score (nSPS) is 15.0. The van der Waals surface area contributed by atoms with Gasteiger partial charge in [-0.25, -0.2) is 13.2 Å². The third-order valence-electron chi connectivity index (χ3n) is 4.63. The number of amides is 1. The number of hydrogen-bond acceptors (Lipinski definition) is 5. The molecule has 1 heterocycles. The number of benzene rings is 2. The number of carbonyl (C=O) groups excluding carboxylic acids is 2. The molecule has 148 valence electrons. The fourth-order valence-electron chi connectivity index (χ4n) is 3.13. The van der Waals surface area contributed by atoms with Crippen molar-refractivity contribution in [3.05, 3.63) is 59.7 Å². The number of nitrogens with one attached hydrogen (secondary N) is 1. The zero-order valence-corrected chi connectivity index (χ0v) is 16.4. The Balaban J connectivity index is 1.85. The Labute approximate surface area is 164 Å². The van der Waals surface area contributed by atoms with Crippen LogP contribution in [0.25, 0.3) is 0 Å². The van der Waals surface area contributed by atoms with Crippen molar-refractivity contribution in [2.75, 3.05) is 25.5 Å². The molecule has 7 nitrogen and oxygen atoms in total. The van der Waals surface area contributed by atoms with Crippen LogP contribution in [-0.4, -0.2) is 44.8 Å². The van der Waals surface area contributed by atoms with Crippen molar-refractivity contribution in [1.29, 1.82) is 0 Å². The van der Waals surface area contributed by atoms with Crippen molar-refractivity contribution in [3.63, 3.8) is 0 Å². The van der Waals surface area contributed by atoms with Gasteiger partial charge >= 0.3 is 5.97 Å². The highest BCUT2D eigenvalue weighted by atomic mass is 32.2. The summed E-state index contributed by atoms with van der Waals surface area (Å²) in [5.41, 5.74) is 0.705. The molecule has 8 heteroatoms. The van der Waals surface area contributed by atoms with Crippen molar-refractivity contribution in [1.82, 2.24) is 4.31 Å². The van der Waals surface area contributed by atoms with Gasteiger partial charge in [0, 0.05) is 18.7 Å². The number of ether oxygens (including phenoxy) is 1. The number of piperidine rings is 1. The zero-order valence-electron chi connectivity index (χ0n) is 15.6. The van der Waals surface area contributed by atoms with Crippen LogP contribution in [0.4, 0.5) is 5.69 Å². The van der Waals surface area contributed by atoms with Gasteiger partial charge in [0.1, 0.15) is 0 Å². The number of nitrogens with zero attached hydrogens (tertiary/aromatic N) is 1. The van der Waals surface area contributed by atoms with E-state index in [1.807, 2.05) is 0 Å². The number of methoxy groups -OCH3 is 1. The van der Waals surface area contributed by atoms with Crippen LogP contribution in [0.5, 0.6) is 0 Å². The smallest absolute Gasteiger partial charge is 0.339 e. The lowest BCUT2D eigenvalue weighted by atomic mass is 10.1. The van der Waals surface area contributed by atoms with Gasteiger partial charge in [0.05, 0.1) is 23.3 Å². The number of anilines is 1. The van der Waals surface area contributed by atoms with Gasteiger partial charge in [-0.3, -0.25) is 4.79 Å². The summed E-state index contributed by atoms with van der Waals surface area (Å²) in [5, 5.41) is 2.65. The molecular formula is C20H22N2O5S. The Morgan fingerprint density at radius 3 is 2.43 bits per heavy atom. The van der Waals surface area contributed by atoms with Crippen LogP contribution in [-0.2, 0) is 14.8 Å². The highest BCUT2D eigenvalue weighted by Gasteiger charge is 2.26. The molecule has 1 aliphatic rings. The van der Waals surface area contributed by atoms with E-state index in [2.05, 4.69) is 5.32 Å². The fraction of sp³-hybridized carbons (Fsp3) is 0.300. The molecule has 28 heavy (non-hydrogen) atoms. The average Bonchev–Trinajstić information content (AvgIpc) is 2.74. The Morgan fingerprint density at radius 2 is 1.71 bits per heavy atom. The van der Waals surface area contributed by atoms with E-state index >= 15 is 0 Å². The van der Waals surface area contributed by atoms with Gasteiger partial charge in [-0.2, -0.15) is 4.31 Å². The topological polar surface area (TPSA) is 92.8 Å². The maximum Gasteiger partial charge on any atom is 0.339 e. The summed E-state index contributed by atoms with van der Waals surface area (Å²) in [4.78, 5) is 24.6. The van der Waals surface area contributed by atoms with Gasteiger partial charge < -0.3 is 10.1 Å². The van der Waals surface area contributed by atoms with E-state index < -0.39 is 21.9 Å². The van der Waals surface area contributed by atoms with Crippen molar-refractivity contribution in [2.45, 2.75) is 24.2 Å². The van der Waals surface area contributed by atoms with E-state index in [-0.39, 0.29) is 16.0 Å². The van der Waals surface area contributed by atoms with Crippen LogP contribution in [0.1, 0.15) is 40.0 Å². The molecule has 0 aromatic heterocycles. The lowest BCUT2D eigenvalue weighted by Gasteiger charge is -2.26. The highest BCUT2D eigenvalue weighted by molar-refractivity contribution is 7.89. The predicted octanol–water partition coefficient (Wildman–Crippen LogP) is 2.90. The first-order chi connectivity index (χ1) is 13.4. The Bertz CT molecular complexity index is 982. The number of carbonyl (C=O) groups is 2.